The molecular weight excluding hydrogens is 324 g/mol. The van der Waals surface area contributed by atoms with Gasteiger partial charge in [0, 0.05) is 11.8 Å². The van der Waals surface area contributed by atoms with Gasteiger partial charge in [0.25, 0.3) is 10.0 Å². The molecule has 7 heteroatoms. The van der Waals surface area contributed by atoms with Crippen molar-refractivity contribution in [1.82, 2.24) is 4.98 Å². The number of halogens is 1. The summed E-state index contributed by atoms with van der Waals surface area (Å²) in [6.07, 6.45) is 0.804. The van der Waals surface area contributed by atoms with Crippen LogP contribution in [0.5, 0.6) is 5.75 Å². The van der Waals surface area contributed by atoms with Gasteiger partial charge < -0.3 is 4.74 Å². The molecule has 5 nitrogen and oxygen atoms in total. The molecule has 0 bridgehead atoms. The zero-order chi connectivity index (χ0) is 16.2. The van der Waals surface area contributed by atoms with Gasteiger partial charge in [0.1, 0.15) is 11.6 Å². The van der Waals surface area contributed by atoms with Crippen molar-refractivity contribution >= 4 is 27.4 Å². The summed E-state index contributed by atoms with van der Waals surface area (Å²) in [5.74, 6) is 0.620. The molecule has 0 aliphatic rings. The number of nitrogens with zero attached hydrogens (tertiary/aromatic N) is 1. The van der Waals surface area contributed by atoms with Gasteiger partial charge in [0.15, 0.2) is 0 Å². The SMILES string of the molecule is CCCOc1cc(S(=O)(=O)Nc2cccc(C)n2)ccc1Cl. The van der Waals surface area contributed by atoms with Crippen molar-refractivity contribution in [3.8, 4) is 5.75 Å². The number of nitrogens with one attached hydrogen (secondary N) is 1. The molecule has 1 aromatic carbocycles. The molecule has 0 saturated heterocycles. The molecule has 1 N–H and O–H groups in total. The number of hydrogen-bond donors (Lipinski definition) is 1. The molecule has 0 atom stereocenters. The van der Waals surface area contributed by atoms with Crippen molar-refractivity contribution in [2.24, 2.45) is 0 Å². The number of benzene rings is 1. The maximum Gasteiger partial charge on any atom is 0.263 e. The van der Waals surface area contributed by atoms with E-state index in [0.29, 0.717) is 17.4 Å². The highest BCUT2D eigenvalue weighted by Crippen LogP contribution is 2.28. The normalized spacial score (nSPS) is 11.2. The summed E-state index contributed by atoms with van der Waals surface area (Å²) < 4.78 is 32.7. The fraction of sp³-hybridized carbons (Fsp3) is 0.267. The predicted octanol–water partition coefficient (Wildman–Crippen LogP) is 3.63. The van der Waals surface area contributed by atoms with Crippen LogP contribution in [0.2, 0.25) is 5.02 Å². The van der Waals surface area contributed by atoms with E-state index >= 15 is 0 Å². The van der Waals surface area contributed by atoms with Crippen LogP contribution < -0.4 is 9.46 Å². The molecule has 0 aliphatic carbocycles. The Kier molecular flexibility index (Phi) is 5.26. The second-order valence-corrected chi connectivity index (χ2v) is 6.80. The Balaban J connectivity index is 2.29. The second kappa shape index (κ2) is 6.98. The van der Waals surface area contributed by atoms with E-state index in [1.807, 2.05) is 6.92 Å². The van der Waals surface area contributed by atoms with Crippen molar-refractivity contribution in [1.29, 1.82) is 0 Å². The molecule has 0 aliphatic heterocycles. The van der Waals surface area contributed by atoms with Crippen molar-refractivity contribution in [2.45, 2.75) is 25.2 Å². The third-order valence-electron chi connectivity index (χ3n) is 2.80. The molecular formula is C15H17ClN2O3S. The summed E-state index contributed by atoms with van der Waals surface area (Å²) in [7, 11) is -3.75. The highest BCUT2D eigenvalue weighted by Gasteiger charge is 2.17. The van der Waals surface area contributed by atoms with Crippen LogP contribution in [0.15, 0.2) is 41.3 Å². The summed E-state index contributed by atoms with van der Waals surface area (Å²) >= 11 is 6.01. The van der Waals surface area contributed by atoms with E-state index < -0.39 is 10.0 Å². The molecule has 0 radical (unpaired) electrons. The monoisotopic (exact) mass is 340 g/mol. The molecule has 2 aromatic rings. The lowest BCUT2D eigenvalue weighted by Gasteiger charge is -2.11. The van der Waals surface area contributed by atoms with Gasteiger partial charge in [-0.15, -0.1) is 0 Å². The molecule has 1 heterocycles. The fourth-order valence-corrected chi connectivity index (χ4v) is 2.96. The number of rotatable bonds is 6. The van der Waals surface area contributed by atoms with E-state index in [4.69, 9.17) is 16.3 Å². The number of aromatic nitrogens is 1. The molecule has 0 amide bonds. The summed E-state index contributed by atoms with van der Waals surface area (Å²) in [5, 5.41) is 0.376. The van der Waals surface area contributed by atoms with E-state index in [-0.39, 0.29) is 10.7 Å². The van der Waals surface area contributed by atoms with E-state index in [0.717, 1.165) is 12.1 Å². The summed E-state index contributed by atoms with van der Waals surface area (Å²) in [6, 6.07) is 9.46. The van der Waals surface area contributed by atoms with Crippen molar-refractivity contribution in [3.63, 3.8) is 0 Å². The van der Waals surface area contributed by atoms with Gasteiger partial charge in [-0.25, -0.2) is 13.4 Å². The maximum atomic E-state index is 12.4. The topological polar surface area (TPSA) is 68.3 Å². The van der Waals surface area contributed by atoms with Crippen LogP contribution in [0.25, 0.3) is 0 Å². The predicted molar refractivity (Wildman–Crippen MR) is 87.0 cm³/mol. The minimum Gasteiger partial charge on any atom is -0.492 e. The first-order valence-electron chi connectivity index (χ1n) is 6.81. The smallest absolute Gasteiger partial charge is 0.263 e. The first-order chi connectivity index (χ1) is 10.4. The Morgan fingerprint density at radius 1 is 1.27 bits per heavy atom. The largest absolute Gasteiger partial charge is 0.492 e. The standard InChI is InChI=1S/C15H17ClN2O3S/c1-3-9-21-14-10-12(7-8-13(14)16)22(19,20)18-15-6-4-5-11(2)17-15/h4-8,10H,3,9H2,1-2H3,(H,17,18). The Bertz CT molecular complexity index is 763. The lowest BCUT2D eigenvalue weighted by Crippen LogP contribution is -2.14. The van der Waals surface area contributed by atoms with E-state index in [2.05, 4.69) is 9.71 Å². The first kappa shape index (κ1) is 16.6. The van der Waals surface area contributed by atoms with Crippen molar-refractivity contribution in [2.75, 3.05) is 11.3 Å². The van der Waals surface area contributed by atoms with Crippen LogP contribution >= 0.6 is 11.6 Å². The molecule has 1 aromatic heterocycles. The zero-order valence-electron chi connectivity index (χ0n) is 12.3. The van der Waals surface area contributed by atoms with Gasteiger partial charge in [-0.1, -0.05) is 24.6 Å². The van der Waals surface area contributed by atoms with E-state index in [9.17, 15) is 8.42 Å². The minimum absolute atomic E-state index is 0.0753. The lowest BCUT2D eigenvalue weighted by atomic mass is 10.3. The number of aryl methyl sites for hydroxylation is 1. The molecule has 0 fully saturated rings. The summed E-state index contributed by atoms with van der Waals surface area (Å²) in [6.45, 7) is 4.21. The fourth-order valence-electron chi connectivity index (χ4n) is 1.77. The molecule has 118 valence electrons. The van der Waals surface area contributed by atoms with Crippen LogP contribution in [-0.4, -0.2) is 20.0 Å². The number of ether oxygens (including phenoxy) is 1. The van der Waals surface area contributed by atoms with Crippen LogP contribution in [-0.2, 0) is 10.0 Å². The van der Waals surface area contributed by atoms with Gasteiger partial charge in [-0.3, -0.25) is 4.72 Å². The Hall–Kier alpha value is -1.79. The Morgan fingerprint density at radius 2 is 2.05 bits per heavy atom. The maximum absolute atomic E-state index is 12.4. The highest BCUT2D eigenvalue weighted by molar-refractivity contribution is 7.92. The second-order valence-electron chi connectivity index (χ2n) is 4.71. The molecule has 0 unspecified atom stereocenters. The quantitative estimate of drug-likeness (QED) is 0.871. The third kappa shape index (κ3) is 4.11. The zero-order valence-corrected chi connectivity index (χ0v) is 13.9. The highest BCUT2D eigenvalue weighted by atomic mass is 35.5. The van der Waals surface area contributed by atoms with Gasteiger partial charge in [-0.05, 0) is 37.6 Å². The van der Waals surface area contributed by atoms with Gasteiger partial charge in [0.05, 0.1) is 16.5 Å². The van der Waals surface area contributed by atoms with Crippen molar-refractivity contribution < 1.29 is 13.2 Å². The number of pyridine rings is 1. The minimum atomic E-state index is -3.75. The number of sulfonamides is 1. The molecule has 22 heavy (non-hydrogen) atoms. The number of hydrogen-bond acceptors (Lipinski definition) is 4. The Labute approximate surface area is 135 Å². The van der Waals surface area contributed by atoms with Crippen LogP contribution in [0.1, 0.15) is 19.0 Å². The summed E-state index contributed by atoms with van der Waals surface area (Å²) in [4.78, 5) is 4.20. The summed E-state index contributed by atoms with van der Waals surface area (Å²) in [5.41, 5.74) is 0.725. The lowest BCUT2D eigenvalue weighted by molar-refractivity contribution is 0.317. The van der Waals surface area contributed by atoms with E-state index in [1.165, 1.54) is 18.2 Å². The van der Waals surface area contributed by atoms with E-state index in [1.54, 1.807) is 25.1 Å². The first-order valence-corrected chi connectivity index (χ1v) is 8.67. The third-order valence-corrected chi connectivity index (χ3v) is 4.47. The average Bonchev–Trinajstić information content (AvgIpc) is 2.45. The Morgan fingerprint density at radius 3 is 2.73 bits per heavy atom. The molecule has 0 saturated carbocycles. The number of anilines is 1. The van der Waals surface area contributed by atoms with Crippen molar-refractivity contribution in [3.05, 3.63) is 47.1 Å². The average molecular weight is 341 g/mol. The van der Waals surface area contributed by atoms with Crippen LogP contribution in [0.3, 0.4) is 0 Å². The van der Waals surface area contributed by atoms with Gasteiger partial charge in [-0.2, -0.15) is 0 Å². The van der Waals surface area contributed by atoms with Crippen LogP contribution in [0.4, 0.5) is 5.82 Å². The van der Waals surface area contributed by atoms with Gasteiger partial charge in [0.2, 0.25) is 0 Å². The molecule has 2 rings (SSSR count). The molecule has 0 spiro atoms. The van der Waals surface area contributed by atoms with Gasteiger partial charge >= 0.3 is 0 Å². The van der Waals surface area contributed by atoms with Crippen LogP contribution in [0, 0.1) is 6.92 Å².